The molecule has 2 aromatic rings. The first-order valence-corrected chi connectivity index (χ1v) is 10.1. The summed E-state index contributed by atoms with van der Waals surface area (Å²) in [6.45, 7) is 0. The summed E-state index contributed by atoms with van der Waals surface area (Å²) in [5.41, 5.74) is 2.34. The summed E-state index contributed by atoms with van der Waals surface area (Å²) >= 11 is 11.6. The standard InChI is InChI=1S/C16H20BrClN2S/c1-21-13-5-3-12(4-6-13)20-15-10-11(17)2-7-14(15)19-16(20)8-9-18/h2,7,10,12-13H,3-6,8-9H2,1H3. The Labute approximate surface area is 143 Å². The highest BCUT2D eigenvalue weighted by Crippen LogP contribution is 2.36. The van der Waals surface area contributed by atoms with Crippen molar-refractivity contribution < 1.29 is 0 Å². The van der Waals surface area contributed by atoms with E-state index in [9.17, 15) is 0 Å². The van der Waals surface area contributed by atoms with E-state index in [1.54, 1.807) is 0 Å². The van der Waals surface area contributed by atoms with E-state index in [1.807, 2.05) is 11.8 Å². The van der Waals surface area contributed by atoms with E-state index in [1.165, 1.54) is 31.2 Å². The van der Waals surface area contributed by atoms with Crippen molar-refractivity contribution >= 4 is 50.3 Å². The number of aromatic nitrogens is 2. The van der Waals surface area contributed by atoms with Crippen molar-refractivity contribution in [1.29, 1.82) is 0 Å². The van der Waals surface area contributed by atoms with E-state index in [4.69, 9.17) is 16.6 Å². The number of halogens is 2. The topological polar surface area (TPSA) is 17.8 Å². The summed E-state index contributed by atoms with van der Waals surface area (Å²) in [5, 5.41) is 0.833. The molecule has 0 unspecified atom stereocenters. The van der Waals surface area contributed by atoms with Crippen molar-refractivity contribution in [2.75, 3.05) is 12.1 Å². The Kier molecular flexibility index (Phi) is 5.18. The number of hydrogen-bond acceptors (Lipinski definition) is 2. The van der Waals surface area contributed by atoms with Gasteiger partial charge in [0.15, 0.2) is 0 Å². The predicted octanol–water partition coefficient (Wildman–Crippen LogP) is 5.43. The van der Waals surface area contributed by atoms with Crippen LogP contribution in [0.2, 0.25) is 0 Å². The fourth-order valence-corrected chi connectivity index (χ4v) is 4.59. The first kappa shape index (κ1) is 15.7. The predicted molar refractivity (Wildman–Crippen MR) is 96.7 cm³/mol. The van der Waals surface area contributed by atoms with Crippen molar-refractivity contribution in [1.82, 2.24) is 9.55 Å². The van der Waals surface area contributed by atoms with Gasteiger partial charge in [-0.3, -0.25) is 0 Å². The van der Waals surface area contributed by atoms with Gasteiger partial charge in [-0.1, -0.05) is 15.9 Å². The fourth-order valence-electron chi connectivity index (χ4n) is 3.32. The summed E-state index contributed by atoms with van der Waals surface area (Å²) in [4.78, 5) is 4.81. The summed E-state index contributed by atoms with van der Waals surface area (Å²) in [6, 6.07) is 6.93. The van der Waals surface area contributed by atoms with E-state index < -0.39 is 0 Å². The number of imidazole rings is 1. The van der Waals surface area contributed by atoms with Crippen LogP contribution in [0, 0.1) is 0 Å². The van der Waals surface area contributed by atoms with E-state index >= 15 is 0 Å². The van der Waals surface area contributed by atoms with Crippen molar-refractivity contribution in [2.45, 2.75) is 43.4 Å². The van der Waals surface area contributed by atoms with Gasteiger partial charge in [0.25, 0.3) is 0 Å². The zero-order valence-corrected chi connectivity index (χ0v) is 15.3. The molecule has 1 aliphatic rings. The van der Waals surface area contributed by atoms with Crippen molar-refractivity contribution in [3.63, 3.8) is 0 Å². The molecular weight excluding hydrogens is 368 g/mol. The lowest BCUT2D eigenvalue weighted by molar-refractivity contribution is 0.359. The molecule has 0 atom stereocenters. The molecule has 21 heavy (non-hydrogen) atoms. The van der Waals surface area contributed by atoms with Gasteiger partial charge in [0.1, 0.15) is 5.82 Å². The number of nitrogens with zero attached hydrogens (tertiary/aromatic N) is 2. The Bertz CT molecular complexity index is 620. The quantitative estimate of drug-likeness (QED) is 0.651. The lowest BCUT2D eigenvalue weighted by Gasteiger charge is -2.30. The molecule has 0 saturated heterocycles. The third kappa shape index (κ3) is 3.27. The Morgan fingerprint density at radius 2 is 2.10 bits per heavy atom. The second-order valence-electron chi connectivity index (χ2n) is 5.64. The maximum absolute atomic E-state index is 5.99. The van der Waals surface area contributed by atoms with E-state index in [0.29, 0.717) is 11.9 Å². The smallest absolute Gasteiger partial charge is 0.111 e. The Morgan fingerprint density at radius 1 is 1.33 bits per heavy atom. The minimum atomic E-state index is 0.575. The Balaban J connectivity index is 1.98. The van der Waals surface area contributed by atoms with Crippen molar-refractivity contribution in [2.24, 2.45) is 0 Å². The van der Waals surface area contributed by atoms with Gasteiger partial charge in [0.2, 0.25) is 0 Å². The molecule has 0 N–H and O–H groups in total. The summed E-state index contributed by atoms with van der Waals surface area (Å²) in [7, 11) is 0. The molecule has 1 aromatic heterocycles. The molecule has 0 bridgehead atoms. The zero-order valence-electron chi connectivity index (χ0n) is 12.2. The number of fused-ring (bicyclic) bond motifs is 1. The Hall–Kier alpha value is -0.190. The van der Waals surface area contributed by atoms with Gasteiger partial charge in [-0.25, -0.2) is 4.98 Å². The molecule has 1 aliphatic carbocycles. The zero-order chi connectivity index (χ0) is 14.8. The normalized spacial score (nSPS) is 22.8. The van der Waals surface area contributed by atoms with Crippen LogP contribution in [-0.4, -0.2) is 26.9 Å². The number of benzene rings is 1. The maximum Gasteiger partial charge on any atom is 0.111 e. The van der Waals surface area contributed by atoms with Gasteiger partial charge in [-0.15, -0.1) is 11.6 Å². The van der Waals surface area contributed by atoms with Gasteiger partial charge < -0.3 is 4.57 Å². The summed E-state index contributed by atoms with van der Waals surface area (Å²) in [5.74, 6) is 1.77. The average molecular weight is 388 g/mol. The Morgan fingerprint density at radius 3 is 2.76 bits per heavy atom. The second kappa shape index (κ2) is 6.93. The molecule has 0 amide bonds. The lowest BCUT2D eigenvalue weighted by atomic mass is 9.94. The van der Waals surface area contributed by atoms with Crippen LogP contribution in [0.15, 0.2) is 22.7 Å². The van der Waals surface area contributed by atoms with Crippen LogP contribution in [0.5, 0.6) is 0 Å². The van der Waals surface area contributed by atoms with E-state index in [-0.39, 0.29) is 0 Å². The molecular formula is C16H20BrClN2S. The highest BCUT2D eigenvalue weighted by molar-refractivity contribution is 9.10. The molecule has 1 saturated carbocycles. The first-order chi connectivity index (χ1) is 10.2. The summed E-state index contributed by atoms with van der Waals surface area (Å²) in [6.07, 6.45) is 8.18. The molecule has 0 spiro atoms. The largest absolute Gasteiger partial charge is 0.325 e. The van der Waals surface area contributed by atoms with Crippen LogP contribution in [-0.2, 0) is 6.42 Å². The number of hydrogen-bond donors (Lipinski definition) is 0. The van der Waals surface area contributed by atoms with E-state index in [2.05, 4.69) is 45.0 Å². The molecule has 114 valence electrons. The molecule has 1 aromatic carbocycles. The average Bonchev–Trinajstić information content (AvgIpc) is 2.85. The lowest BCUT2D eigenvalue weighted by Crippen LogP contribution is -2.21. The SMILES string of the molecule is CSC1CCC(n2c(CCCl)nc3ccc(Br)cc32)CC1. The molecule has 3 rings (SSSR count). The molecule has 2 nitrogen and oxygen atoms in total. The van der Waals surface area contributed by atoms with Gasteiger partial charge >= 0.3 is 0 Å². The third-order valence-corrected chi connectivity index (χ3v) is 6.21. The van der Waals surface area contributed by atoms with Crippen LogP contribution in [0.25, 0.3) is 11.0 Å². The number of aryl methyl sites for hydroxylation is 1. The van der Waals surface area contributed by atoms with Crippen LogP contribution >= 0.6 is 39.3 Å². The number of alkyl halides is 1. The van der Waals surface area contributed by atoms with Crippen molar-refractivity contribution in [3.05, 3.63) is 28.5 Å². The molecule has 0 radical (unpaired) electrons. The summed E-state index contributed by atoms with van der Waals surface area (Å²) < 4.78 is 3.57. The van der Waals surface area contributed by atoms with Crippen LogP contribution in [0.3, 0.4) is 0 Å². The van der Waals surface area contributed by atoms with Gasteiger partial charge in [0, 0.05) is 28.1 Å². The van der Waals surface area contributed by atoms with Gasteiger partial charge in [-0.2, -0.15) is 11.8 Å². The third-order valence-electron chi connectivity index (χ3n) is 4.38. The van der Waals surface area contributed by atoms with E-state index in [0.717, 1.165) is 27.5 Å². The monoisotopic (exact) mass is 386 g/mol. The fraction of sp³-hybridized carbons (Fsp3) is 0.562. The van der Waals surface area contributed by atoms with Crippen LogP contribution in [0.1, 0.15) is 37.5 Å². The maximum atomic E-state index is 5.99. The van der Waals surface area contributed by atoms with Gasteiger partial charge in [0.05, 0.1) is 11.0 Å². The second-order valence-corrected chi connectivity index (χ2v) is 8.07. The van der Waals surface area contributed by atoms with Crippen LogP contribution in [0.4, 0.5) is 0 Å². The van der Waals surface area contributed by atoms with Gasteiger partial charge in [-0.05, 0) is 50.1 Å². The highest BCUT2D eigenvalue weighted by Gasteiger charge is 2.25. The number of thioether (sulfide) groups is 1. The first-order valence-electron chi connectivity index (χ1n) is 7.48. The minimum Gasteiger partial charge on any atom is -0.325 e. The molecule has 0 aliphatic heterocycles. The van der Waals surface area contributed by atoms with Crippen LogP contribution < -0.4 is 0 Å². The van der Waals surface area contributed by atoms with Crippen molar-refractivity contribution in [3.8, 4) is 0 Å². The molecule has 1 heterocycles. The molecule has 5 heteroatoms. The molecule has 1 fully saturated rings. The highest BCUT2D eigenvalue weighted by atomic mass is 79.9. The minimum absolute atomic E-state index is 0.575. The number of rotatable bonds is 4.